The molecule has 0 fully saturated rings. The first-order chi connectivity index (χ1) is 15.4. The van der Waals surface area contributed by atoms with Crippen molar-refractivity contribution in [3.8, 4) is 11.1 Å². The molecule has 8 nitrogen and oxygen atoms in total. The number of fused-ring (bicyclic) bond motifs is 1. The zero-order valence-electron chi connectivity index (χ0n) is 17.9. The van der Waals surface area contributed by atoms with E-state index >= 15 is 0 Å². The number of aryl methyl sites for hydroxylation is 1. The van der Waals surface area contributed by atoms with Crippen LogP contribution in [0.15, 0.2) is 42.9 Å². The van der Waals surface area contributed by atoms with Crippen LogP contribution in [0.25, 0.3) is 22.0 Å². The Morgan fingerprint density at radius 2 is 2.06 bits per heavy atom. The second kappa shape index (κ2) is 8.72. The quantitative estimate of drug-likeness (QED) is 0.406. The number of nitrogens with two attached hydrogens (primary N) is 1. The lowest BCUT2D eigenvalue weighted by molar-refractivity contribution is 0.100. The van der Waals surface area contributed by atoms with Gasteiger partial charge in [-0.2, -0.15) is 5.10 Å². The van der Waals surface area contributed by atoms with Crippen molar-refractivity contribution in [3.63, 3.8) is 0 Å². The molecule has 1 atom stereocenters. The summed E-state index contributed by atoms with van der Waals surface area (Å²) < 4.78 is 20.0. The monoisotopic (exact) mass is 434 g/mol. The number of halogens is 1. The van der Waals surface area contributed by atoms with Gasteiger partial charge in [-0.05, 0) is 31.5 Å². The van der Waals surface area contributed by atoms with E-state index in [9.17, 15) is 9.18 Å². The number of rotatable bonds is 7. The summed E-state index contributed by atoms with van der Waals surface area (Å²) in [6.07, 6.45) is 4.67. The lowest BCUT2D eigenvalue weighted by atomic mass is 10.0. The Morgan fingerprint density at radius 3 is 2.69 bits per heavy atom. The average molecular weight is 434 g/mol. The number of aromatic nitrogens is 4. The van der Waals surface area contributed by atoms with Crippen LogP contribution in [0.3, 0.4) is 0 Å². The third-order valence-electron chi connectivity index (χ3n) is 5.31. The standard InChI is InChI=1S/C23H23FN6O2/c1-12-8-28-30-21(12)13(2)29-22-17-6-16(14-4-5-15(11-32-3)26-9-14)19(24)7-20(17)27-10-18(22)23(25)31/h4-10,13H,11H2,1-3H3,(H2,25,31)(H,27,29)(H,28,30)/t13-/m1/s1. The minimum absolute atomic E-state index is 0.215. The number of pyridine rings is 2. The summed E-state index contributed by atoms with van der Waals surface area (Å²) in [5.41, 5.74) is 10.2. The van der Waals surface area contributed by atoms with Gasteiger partial charge in [-0.3, -0.25) is 19.9 Å². The summed E-state index contributed by atoms with van der Waals surface area (Å²) >= 11 is 0. The van der Waals surface area contributed by atoms with Crippen molar-refractivity contribution in [1.82, 2.24) is 20.2 Å². The van der Waals surface area contributed by atoms with E-state index in [1.807, 2.05) is 13.8 Å². The second-order valence-electron chi connectivity index (χ2n) is 7.56. The molecule has 3 heterocycles. The fourth-order valence-electron chi connectivity index (χ4n) is 3.68. The minimum Gasteiger partial charge on any atom is -0.378 e. The first kappa shape index (κ1) is 21.4. The number of methoxy groups -OCH3 is 1. The predicted molar refractivity (Wildman–Crippen MR) is 120 cm³/mol. The third-order valence-corrected chi connectivity index (χ3v) is 5.31. The summed E-state index contributed by atoms with van der Waals surface area (Å²) in [4.78, 5) is 20.7. The molecule has 1 aromatic carbocycles. The summed E-state index contributed by atoms with van der Waals surface area (Å²) in [5.74, 6) is -1.08. The van der Waals surface area contributed by atoms with Crippen LogP contribution in [0.2, 0.25) is 0 Å². The zero-order chi connectivity index (χ0) is 22.8. The third kappa shape index (κ3) is 4.02. The van der Waals surface area contributed by atoms with Crippen LogP contribution in [0.5, 0.6) is 0 Å². The molecule has 0 aliphatic heterocycles. The van der Waals surface area contributed by atoms with Gasteiger partial charge in [0.2, 0.25) is 0 Å². The number of hydrogen-bond donors (Lipinski definition) is 3. The van der Waals surface area contributed by atoms with Crippen LogP contribution >= 0.6 is 0 Å². The number of nitrogens with one attached hydrogen (secondary N) is 2. The van der Waals surface area contributed by atoms with E-state index in [-0.39, 0.29) is 11.6 Å². The van der Waals surface area contributed by atoms with Gasteiger partial charge < -0.3 is 15.8 Å². The van der Waals surface area contributed by atoms with Gasteiger partial charge in [0.15, 0.2) is 0 Å². The van der Waals surface area contributed by atoms with E-state index in [2.05, 4.69) is 25.5 Å². The molecular formula is C23H23FN6O2. The fraction of sp³-hybridized carbons (Fsp3) is 0.217. The largest absolute Gasteiger partial charge is 0.378 e. The Bertz CT molecular complexity index is 1290. The Morgan fingerprint density at radius 1 is 1.25 bits per heavy atom. The summed E-state index contributed by atoms with van der Waals surface area (Å²) in [5, 5.41) is 10.9. The van der Waals surface area contributed by atoms with Crippen LogP contribution in [0, 0.1) is 12.7 Å². The molecule has 4 rings (SSSR count). The average Bonchev–Trinajstić information content (AvgIpc) is 3.20. The van der Waals surface area contributed by atoms with Crippen molar-refractivity contribution in [2.24, 2.45) is 5.73 Å². The summed E-state index contributed by atoms with van der Waals surface area (Å²) in [6.45, 7) is 4.23. The lowest BCUT2D eigenvalue weighted by Crippen LogP contribution is -2.17. The molecule has 0 spiro atoms. The second-order valence-corrected chi connectivity index (χ2v) is 7.56. The highest BCUT2D eigenvalue weighted by atomic mass is 19.1. The van der Waals surface area contributed by atoms with Gasteiger partial charge in [-0.1, -0.05) is 6.07 Å². The van der Waals surface area contributed by atoms with E-state index in [4.69, 9.17) is 10.5 Å². The topological polar surface area (TPSA) is 119 Å². The van der Waals surface area contributed by atoms with Crippen LogP contribution in [0.1, 0.15) is 40.3 Å². The normalized spacial score (nSPS) is 12.1. The number of primary amides is 1. The van der Waals surface area contributed by atoms with Crippen LogP contribution in [0.4, 0.5) is 10.1 Å². The Kier molecular flexibility index (Phi) is 5.83. The van der Waals surface area contributed by atoms with Gasteiger partial charge in [-0.25, -0.2) is 4.39 Å². The smallest absolute Gasteiger partial charge is 0.252 e. The predicted octanol–water partition coefficient (Wildman–Crippen LogP) is 3.89. The van der Waals surface area contributed by atoms with Gasteiger partial charge in [0, 0.05) is 42.1 Å². The van der Waals surface area contributed by atoms with Gasteiger partial charge >= 0.3 is 0 Å². The maximum absolute atomic E-state index is 15.0. The van der Waals surface area contributed by atoms with Crippen LogP contribution in [-0.4, -0.2) is 33.2 Å². The van der Waals surface area contributed by atoms with Gasteiger partial charge in [0.05, 0.1) is 47.0 Å². The van der Waals surface area contributed by atoms with Crippen molar-refractivity contribution in [3.05, 3.63) is 71.2 Å². The number of nitrogens with zero attached hydrogens (tertiary/aromatic N) is 3. The molecular weight excluding hydrogens is 411 g/mol. The molecule has 0 radical (unpaired) electrons. The molecule has 1 amide bonds. The Labute approximate surface area is 184 Å². The molecule has 0 saturated heterocycles. The number of benzene rings is 1. The van der Waals surface area contributed by atoms with E-state index in [0.717, 1.165) is 17.0 Å². The van der Waals surface area contributed by atoms with Crippen molar-refractivity contribution in [2.45, 2.75) is 26.5 Å². The Hall–Kier alpha value is -3.85. The fourth-order valence-corrected chi connectivity index (χ4v) is 3.68. The van der Waals surface area contributed by atoms with E-state index in [1.165, 1.54) is 12.3 Å². The molecule has 9 heteroatoms. The molecule has 164 valence electrons. The van der Waals surface area contributed by atoms with E-state index in [0.29, 0.717) is 34.3 Å². The van der Waals surface area contributed by atoms with Gasteiger partial charge in [0.25, 0.3) is 5.91 Å². The number of hydrogen-bond acceptors (Lipinski definition) is 6. The summed E-state index contributed by atoms with van der Waals surface area (Å²) in [7, 11) is 1.59. The highest BCUT2D eigenvalue weighted by molar-refractivity contribution is 6.07. The van der Waals surface area contributed by atoms with Gasteiger partial charge in [0.1, 0.15) is 5.82 Å². The number of aromatic amines is 1. The molecule has 4 aromatic rings. The molecule has 0 saturated carbocycles. The van der Waals surface area contributed by atoms with Gasteiger partial charge in [-0.15, -0.1) is 0 Å². The number of carbonyl (C=O) groups excluding carboxylic acids is 1. The van der Waals surface area contributed by atoms with Crippen molar-refractivity contribution >= 4 is 22.5 Å². The molecule has 32 heavy (non-hydrogen) atoms. The number of anilines is 1. The highest BCUT2D eigenvalue weighted by Crippen LogP contribution is 2.34. The summed E-state index contributed by atoms with van der Waals surface area (Å²) in [6, 6.07) is 6.34. The number of H-pyrrole nitrogens is 1. The maximum atomic E-state index is 15.0. The first-order valence-electron chi connectivity index (χ1n) is 10.0. The first-order valence-corrected chi connectivity index (χ1v) is 10.0. The molecule has 0 bridgehead atoms. The molecule has 4 N–H and O–H groups in total. The van der Waals surface area contributed by atoms with Crippen molar-refractivity contribution in [2.75, 3.05) is 12.4 Å². The van der Waals surface area contributed by atoms with Crippen LogP contribution in [-0.2, 0) is 11.3 Å². The van der Waals surface area contributed by atoms with E-state index in [1.54, 1.807) is 37.7 Å². The van der Waals surface area contributed by atoms with Crippen molar-refractivity contribution in [1.29, 1.82) is 0 Å². The van der Waals surface area contributed by atoms with E-state index < -0.39 is 11.7 Å². The maximum Gasteiger partial charge on any atom is 0.252 e. The SMILES string of the molecule is COCc1ccc(-c2cc3c(N[C@H](C)c4[nH]ncc4C)c(C(N)=O)cnc3cc2F)cn1. The highest BCUT2D eigenvalue weighted by Gasteiger charge is 2.20. The Balaban J connectivity index is 1.85. The minimum atomic E-state index is -0.633. The molecule has 0 aliphatic carbocycles. The zero-order valence-corrected chi connectivity index (χ0v) is 17.9. The number of carbonyl (C=O) groups is 1. The molecule has 0 aliphatic rings. The van der Waals surface area contributed by atoms with Crippen molar-refractivity contribution < 1.29 is 13.9 Å². The number of amides is 1. The lowest BCUT2D eigenvalue weighted by Gasteiger charge is -2.19. The molecule has 3 aromatic heterocycles. The van der Waals surface area contributed by atoms with Crippen LogP contribution < -0.4 is 11.1 Å². The molecule has 0 unspecified atom stereocenters. The number of ether oxygens (including phenoxy) is 1.